The first-order valence-corrected chi connectivity index (χ1v) is 7.74. The molecule has 0 aliphatic heterocycles. The second-order valence-electron chi connectivity index (χ2n) is 3.86. The molecule has 4 nitrogen and oxygen atoms in total. The molecule has 0 rings (SSSR count). The summed E-state index contributed by atoms with van der Waals surface area (Å²) in [4.78, 5) is 13.5. The number of amides is 1. The Balaban J connectivity index is 4.98. The molecule has 0 aromatic carbocycles. The van der Waals surface area contributed by atoms with Gasteiger partial charge in [0.05, 0.1) is 0 Å². The summed E-state index contributed by atoms with van der Waals surface area (Å²) in [5.41, 5.74) is 0. The molecule has 15 heavy (non-hydrogen) atoms. The monoisotopic (exact) mass is 299 g/mol. The van der Waals surface area contributed by atoms with Crippen LogP contribution in [0.15, 0.2) is 0 Å². The maximum absolute atomic E-state index is 12.0. The molecular weight excluding hydrogens is 282 g/mol. The van der Waals surface area contributed by atoms with Crippen molar-refractivity contribution in [2.24, 2.45) is 0 Å². The number of alkyl halides is 1. The molecule has 0 aromatic rings. The molecule has 0 unspecified atom stereocenters. The van der Waals surface area contributed by atoms with Gasteiger partial charge < -0.3 is 4.90 Å². The van der Waals surface area contributed by atoms with E-state index in [1.807, 2.05) is 6.92 Å². The van der Waals surface area contributed by atoms with Crippen molar-refractivity contribution in [1.29, 1.82) is 0 Å². The Hall–Kier alpha value is -0.100. The number of sulfone groups is 1. The van der Waals surface area contributed by atoms with Crippen LogP contribution < -0.4 is 0 Å². The maximum atomic E-state index is 12.0. The lowest BCUT2D eigenvalue weighted by molar-refractivity contribution is -0.132. The molecule has 90 valence electrons. The van der Waals surface area contributed by atoms with Crippen LogP contribution >= 0.6 is 15.9 Å². The standard InChI is InChI=1S/C9H18BrNO3S/c1-5-11(7-6-10)8(12)9(2,3)15(4,13)14/h5-7H2,1-4H3. The molecule has 0 atom stereocenters. The molecule has 0 N–H and O–H groups in total. The Morgan fingerprint density at radius 2 is 1.87 bits per heavy atom. The molecular formula is C9H18BrNO3S. The average molecular weight is 300 g/mol. The number of hydrogen-bond acceptors (Lipinski definition) is 3. The van der Waals surface area contributed by atoms with Crippen molar-refractivity contribution >= 4 is 31.7 Å². The first-order chi connectivity index (χ1) is 6.68. The molecule has 0 fully saturated rings. The van der Waals surface area contributed by atoms with Gasteiger partial charge in [0, 0.05) is 24.7 Å². The van der Waals surface area contributed by atoms with E-state index in [9.17, 15) is 13.2 Å². The first-order valence-electron chi connectivity index (χ1n) is 4.73. The van der Waals surface area contributed by atoms with E-state index in [0.717, 1.165) is 6.26 Å². The van der Waals surface area contributed by atoms with Crippen LogP contribution in [-0.4, -0.2) is 48.6 Å². The van der Waals surface area contributed by atoms with Crippen molar-refractivity contribution in [2.45, 2.75) is 25.5 Å². The van der Waals surface area contributed by atoms with E-state index < -0.39 is 14.6 Å². The summed E-state index contributed by atoms with van der Waals surface area (Å²) in [6.45, 7) is 5.76. The van der Waals surface area contributed by atoms with Gasteiger partial charge in [-0.3, -0.25) is 4.79 Å². The molecule has 1 amide bonds. The number of hydrogen-bond donors (Lipinski definition) is 0. The molecule has 0 spiro atoms. The van der Waals surface area contributed by atoms with Gasteiger partial charge in [-0.05, 0) is 20.8 Å². The van der Waals surface area contributed by atoms with Crippen molar-refractivity contribution in [3.8, 4) is 0 Å². The largest absolute Gasteiger partial charge is 0.341 e. The SMILES string of the molecule is CCN(CCBr)C(=O)C(C)(C)S(C)(=O)=O. The van der Waals surface area contributed by atoms with Gasteiger partial charge in [-0.15, -0.1) is 0 Å². The third kappa shape index (κ3) is 3.45. The fraction of sp³-hybridized carbons (Fsp3) is 0.889. The van der Waals surface area contributed by atoms with Crippen molar-refractivity contribution in [3.05, 3.63) is 0 Å². The smallest absolute Gasteiger partial charge is 0.243 e. The quantitative estimate of drug-likeness (QED) is 0.713. The highest BCUT2D eigenvalue weighted by Crippen LogP contribution is 2.18. The lowest BCUT2D eigenvalue weighted by Crippen LogP contribution is -2.50. The topological polar surface area (TPSA) is 54.5 Å². The zero-order chi connectivity index (χ0) is 12.3. The third-order valence-electron chi connectivity index (χ3n) is 2.47. The predicted molar refractivity (Wildman–Crippen MR) is 65.0 cm³/mol. The average Bonchev–Trinajstić information content (AvgIpc) is 2.11. The molecule has 6 heteroatoms. The summed E-state index contributed by atoms with van der Waals surface area (Å²) >= 11 is 3.23. The van der Waals surface area contributed by atoms with Crippen LogP contribution in [0.5, 0.6) is 0 Å². The van der Waals surface area contributed by atoms with Crippen LogP contribution in [0.3, 0.4) is 0 Å². The second kappa shape index (κ2) is 5.30. The number of carbonyl (C=O) groups is 1. The minimum absolute atomic E-state index is 0.341. The van der Waals surface area contributed by atoms with E-state index in [1.54, 1.807) is 0 Å². The number of nitrogens with zero attached hydrogens (tertiary/aromatic N) is 1. The zero-order valence-corrected chi connectivity index (χ0v) is 12.0. The van der Waals surface area contributed by atoms with Crippen LogP contribution in [0.4, 0.5) is 0 Å². The number of rotatable bonds is 5. The Morgan fingerprint density at radius 3 is 2.13 bits per heavy atom. The van der Waals surface area contributed by atoms with Gasteiger partial charge in [-0.2, -0.15) is 0 Å². The minimum atomic E-state index is -3.38. The van der Waals surface area contributed by atoms with Gasteiger partial charge in [0.15, 0.2) is 9.84 Å². The molecule has 0 aromatic heterocycles. The van der Waals surface area contributed by atoms with Crippen LogP contribution in [0.1, 0.15) is 20.8 Å². The van der Waals surface area contributed by atoms with Gasteiger partial charge in [0.2, 0.25) is 5.91 Å². The van der Waals surface area contributed by atoms with Gasteiger partial charge >= 0.3 is 0 Å². The normalized spacial score (nSPS) is 12.6. The summed E-state index contributed by atoms with van der Waals surface area (Å²) < 4.78 is 21.6. The van der Waals surface area contributed by atoms with Gasteiger partial charge in [0.1, 0.15) is 4.75 Å². The van der Waals surface area contributed by atoms with Gasteiger partial charge in [0.25, 0.3) is 0 Å². The molecule has 0 aliphatic rings. The van der Waals surface area contributed by atoms with E-state index in [2.05, 4.69) is 15.9 Å². The van der Waals surface area contributed by atoms with E-state index in [0.29, 0.717) is 18.4 Å². The summed E-state index contributed by atoms with van der Waals surface area (Å²) in [7, 11) is -3.38. The molecule has 0 saturated carbocycles. The molecule has 0 aliphatic carbocycles. The Kier molecular flexibility index (Phi) is 5.26. The second-order valence-corrected chi connectivity index (χ2v) is 7.21. The van der Waals surface area contributed by atoms with Crippen LogP contribution in [0, 0.1) is 0 Å². The van der Waals surface area contributed by atoms with E-state index >= 15 is 0 Å². The molecule has 0 radical (unpaired) electrons. The summed E-state index contributed by atoms with van der Waals surface area (Å²) in [6, 6.07) is 0. The lowest BCUT2D eigenvalue weighted by Gasteiger charge is -2.29. The van der Waals surface area contributed by atoms with Gasteiger partial charge in [-0.1, -0.05) is 15.9 Å². The first kappa shape index (κ1) is 14.9. The fourth-order valence-corrected chi connectivity index (χ4v) is 1.92. The highest BCUT2D eigenvalue weighted by Gasteiger charge is 2.40. The number of halogens is 1. The van der Waals surface area contributed by atoms with Crippen molar-refractivity contribution in [2.75, 3.05) is 24.7 Å². The molecule has 0 bridgehead atoms. The zero-order valence-electron chi connectivity index (χ0n) is 9.58. The fourth-order valence-electron chi connectivity index (χ4n) is 1.04. The van der Waals surface area contributed by atoms with Crippen LogP contribution in [0.25, 0.3) is 0 Å². The predicted octanol–water partition coefficient (Wildman–Crippen LogP) is 1.05. The highest BCUT2D eigenvalue weighted by atomic mass is 79.9. The van der Waals surface area contributed by atoms with Crippen LogP contribution in [0.2, 0.25) is 0 Å². The minimum Gasteiger partial charge on any atom is -0.341 e. The van der Waals surface area contributed by atoms with Crippen molar-refractivity contribution in [3.63, 3.8) is 0 Å². The maximum Gasteiger partial charge on any atom is 0.243 e. The molecule has 0 saturated heterocycles. The van der Waals surface area contributed by atoms with Crippen molar-refractivity contribution < 1.29 is 13.2 Å². The molecule has 0 heterocycles. The summed E-state index contributed by atoms with van der Waals surface area (Å²) in [5.74, 6) is -0.341. The van der Waals surface area contributed by atoms with Crippen molar-refractivity contribution in [1.82, 2.24) is 4.90 Å². The van der Waals surface area contributed by atoms with Gasteiger partial charge in [-0.25, -0.2) is 8.42 Å². The number of carbonyl (C=O) groups excluding carboxylic acids is 1. The summed E-state index contributed by atoms with van der Waals surface area (Å²) in [6.07, 6.45) is 1.09. The van der Waals surface area contributed by atoms with E-state index in [4.69, 9.17) is 0 Å². The summed E-state index contributed by atoms with van der Waals surface area (Å²) in [5, 5.41) is 0.645. The highest BCUT2D eigenvalue weighted by molar-refractivity contribution is 9.09. The van der Waals surface area contributed by atoms with E-state index in [1.165, 1.54) is 18.7 Å². The van der Waals surface area contributed by atoms with E-state index in [-0.39, 0.29) is 5.91 Å². The van der Waals surface area contributed by atoms with Crippen LogP contribution in [-0.2, 0) is 14.6 Å². The lowest BCUT2D eigenvalue weighted by atomic mass is 10.2. The Morgan fingerprint density at radius 1 is 1.40 bits per heavy atom. The third-order valence-corrected chi connectivity index (χ3v) is 4.85. The Labute approximate surface area is 100 Å². The Bertz CT molecular complexity index is 324.